The number of nitrogens with zero attached hydrogens (tertiary/aromatic N) is 1. The zero-order valence-electron chi connectivity index (χ0n) is 11.5. The molecule has 1 amide bonds. The fraction of sp³-hybridized carbons (Fsp3) is 0.462. The number of hydrogen-bond donors (Lipinski definition) is 1. The predicted octanol–water partition coefficient (Wildman–Crippen LogP) is 2.60. The number of halogens is 2. The van der Waals surface area contributed by atoms with Gasteiger partial charge in [0.05, 0.1) is 22.9 Å². The summed E-state index contributed by atoms with van der Waals surface area (Å²) in [6.45, 7) is 0.656. The zero-order chi connectivity index (χ0) is 15.6. The summed E-state index contributed by atoms with van der Waals surface area (Å²) in [4.78, 5) is 12.3. The lowest BCUT2D eigenvalue weighted by molar-refractivity contribution is -0.120. The topological polar surface area (TPSA) is 66.5 Å². The van der Waals surface area contributed by atoms with E-state index in [9.17, 15) is 13.2 Å². The Bertz CT molecular complexity index is 649. The molecule has 1 atom stereocenters. The number of rotatable bonds is 3. The van der Waals surface area contributed by atoms with Gasteiger partial charge in [-0.1, -0.05) is 23.2 Å². The lowest BCUT2D eigenvalue weighted by atomic mass is 9.99. The lowest BCUT2D eigenvalue weighted by Gasteiger charge is -2.30. The maximum Gasteiger partial charge on any atom is 0.228 e. The Balaban J connectivity index is 2.08. The Morgan fingerprint density at radius 3 is 2.76 bits per heavy atom. The molecule has 1 fully saturated rings. The molecule has 0 bridgehead atoms. The molecule has 0 aliphatic carbocycles. The average Bonchev–Trinajstić information content (AvgIpc) is 2.42. The smallest absolute Gasteiger partial charge is 0.228 e. The maximum atomic E-state index is 12.3. The molecule has 8 heteroatoms. The van der Waals surface area contributed by atoms with E-state index in [1.54, 1.807) is 18.2 Å². The van der Waals surface area contributed by atoms with Crippen molar-refractivity contribution < 1.29 is 13.2 Å². The molecule has 21 heavy (non-hydrogen) atoms. The van der Waals surface area contributed by atoms with Crippen LogP contribution in [0.3, 0.4) is 0 Å². The summed E-state index contributed by atoms with van der Waals surface area (Å²) >= 11 is 11.9. The second kappa shape index (κ2) is 6.52. The third-order valence-electron chi connectivity index (χ3n) is 3.41. The van der Waals surface area contributed by atoms with Gasteiger partial charge in [-0.15, -0.1) is 0 Å². The number of piperidine rings is 1. The molecule has 0 spiro atoms. The van der Waals surface area contributed by atoms with Gasteiger partial charge in [0.1, 0.15) is 0 Å². The SMILES string of the molecule is CS(=O)(=O)N1CCCC(C(=O)Nc2cc(Cl)ccc2Cl)C1. The number of benzene rings is 1. The predicted molar refractivity (Wildman–Crippen MR) is 84.2 cm³/mol. The lowest BCUT2D eigenvalue weighted by Crippen LogP contribution is -2.43. The van der Waals surface area contributed by atoms with Crippen molar-refractivity contribution in [2.24, 2.45) is 5.92 Å². The highest BCUT2D eigenvalue weighted by atomic mass is 35.5. The summed E-state index contributed by atoms with van der Waals surface area (Å²) < 4.78 is 24.5. The molecule has 1 N–H and O–H groups in total. The fourth-order valence-corrected chi connectivity index (χ4v) is 3.53. The first-order valence-corrected chi connectivity index (χ1v) is 9.09. The van der Waals surface area contributed by atoms with Crippen molar-refractivity contribution in [2.75, 3.05) is 24.7 Å². The Morgan fingerprint density at radius 2 is 2.10 bits per heavy atom. The molecule has 5 nitrogen and oxygen atoms in total. The number of carbonyl (C=O) groups excluding carboxylic acids is 1. The normalized spacial score (nSPS) is 20.2. The quantitative estimate of drug-likeness (QED) is 0.910. The van der Waals surface area contributed by atoms with Gasteiger partial charge in [-0.2, -0.15) is 0 Å². The van der Waals surface area contributed by atoms with Gasteiger partial charge < -0.3 is 5.32 Å². The van der Waals surface area contributed by atoms with Crippen LogP contribution >= 0.6 is 23.2 Å². The van der Waals surface area contributed by atoms with E-state index in [4.69, 9.17) is 23.2 Å². The van der Waals surface area contributed by atoms with Gasteiger partial charge >= 0.3 is 0 Å². The standard InChI is InChI=1S/C13H16Cl2N2O3S/c1-21(19,20)17-6-2-3-9(8-17)13(18)16-12-7-10(14)4-5-11(12)15/h4-5,7,9H,2-3,6,8H2,1H3,(H,16,18). The molecule has 0 radical (unpaired) electrons. The van der Waals surface area contributed by atoms with Crippen LogP contribution in [0.1, 0.15) is 12.8 Å². The first kappa shape index (κ1) is 16.5. The number of nitrogens with one attached hydrogen (secondary N) is 1. The van der Waals surface area contributed by atoms with Crippen molar-refractivity contribution in [2.45, 2.75) is 12.8 Å². The van der Waals surface area contributed by atoms with Crippen molar-refractivity contribution >= 4 is 44.8 Å². The molecular weight excluding hydrogens is 335 g/mol. The van der Waals surface area contributed by atoms with Crippen molar-refractivity contribution in [3.63, 3.8) is 0 Å². The highest BCUT2D eigenvalue weighted by Crippen LogP contribution is 2.27. The van der Waals surface area contributed by atoms with Crippen molar-refractivity contribution in [3.05, 3.63) is 28.2 Å². The van der Waals surface area contributed by atoms with Crippen LogP contribution in [0, 0.1) is 5.92 Å². The van der Waals surface area contributed by atoms with E-state index in [1.165, 1.54) is 4.31 Å². The van der Waals surface area contributed by atoms with Gasteiger partial charge in [0.2, 0.25) is 15.9 Å². The number of amides is 1. The number of sulfonamides is 1. The summed E-state index contributed by atoms with van der Waals surface area (Å²) in [5.41, 5.74) is 0.436. The second-order valence-corrected chi connectivity index (χ2v) is 7.90. The first-order chi connectivity index (χ1) is 9.77. The average molecular weight is 351 g/mol. The molecular formula is C13H16Cl2N2O3S. The van der Waals surface area contributed by atoms with Crippen LogP contribution in [0.4, 0.5) is 5.69 Å². The Hall–Kier alpha value is -0.820. The summed E-state index contributed by atoms with van der Waals surface area (Å²) in [6, 6.07) is 4.80. The van der Waals surface area contributed by atoms with E-state index in [-0.39, 0.29) is 18.4 Å². The van der Waals surface area contributed by atoms with Gasteiger partial charge in [-0.3, -0.25) is 4.79 Å². The van der Waals surface area contributed by atoms with E-state index in [2.05, 4.69) is 5.32 Å². The Kier molecular flexibility index (Phi) is 5.14. The second-order valence-electron chi connectivity index (χ2n) is 5.07. The third-order valence-corrected chi connectivity index (χ3v) is 5.24. The highest BCUT2D eigenvalue weighted by Gasteiger charge is 2.30. The minimum absolute atomic E-state index is 0.197. The van der Waals surface area contributed by atoms with Crippen LogP contribution in [-0.2, 0) is 14.8 Å². The maximum absolute atomic E-state index is 12.3. The van der Waals surface area contributed by atoms with Crippen LogP contribution in [0.15, 0.2) is 18.2 Å². The number of carbonyl (C=O) groups is 1. The Labute approximate surface area is 134 Å². The van der Waals surface area contributed by atoms with Crippen LogP contribution in [0.2, 0.25) is 10.0 Å². The molecule has 116 valence electrons. The molecule has 1 unspecified atom stereocenters. The van der Waals surface area contributed by atoms with Gasteiger partial charge in [-0.25, -0.2) is 12.7 Å². The summed E-state index contributed by atoms with van der Waals surface area (Å²) in [5.74, 6) is -0.629. The molecule has 0 aromatic heterocycles. The van der Waals surface area contributed by atoms with E-state index in [1.807, 2.05) is 0 Å². The molecule has 1 aliphatic rings. The molecule has 1 aliphatic heterocycles. The number of hydrogen-bond acceptors (Lipinski definition) is 3. The van der Waals surface area contributed by atoms with Gasteiger partial charge in [0, 0.05) is 18.1 Å². The van der Waals surface area contributed by atoms with Crippen LogP contribution < -0.4 is 5.32 Å². The highest BCUT2D eigenvalue weighted by molar-refractivity contribution is 7.88. The van der Waals surface area contributed by atoms with E-state index in [0.717, 1.165) is 6.26 Å². The van der Waals surface area contributed by atoms with Crippen LogP contribution in [0.25, 0.3) is 0 Å². The largest absolute Gasteiger partial charge is 0.324 e. The van der Waals surface area contributed by atoms with Crippen LogP contribution in [-0.4, -0.2) is 38.0 Å². The minimum Gasteiger partial charge on any atom is -0.324 e. The van der Waals surface area contributed by atoms with Gasteiger partial charge in [-0.05, 0) is 31.0 Å². The third kappa shape index (κ3) is 4.32. The summed E-state index contributed by atoms with van der Waals surface area (Å²) in [5, 5.41) is 3.58. The van der Waals surface area contributed by atoms with Gasteiger partial charge in [0.15, 0.2) is 0 Å². The number of anilines is 1. The minimum atomic E-state index is -3.27. The summed E-state index contributed by atoms with van der Waals surface area (Å²) in [7, 11) is -3.27. The Morgan fingerprint density at radius 1 is 1.38 bits per heavy atom. The monoisotopic (exact) mass is 350 g/mol. The molecule has 2 rings (SSSR count). The van der Waals surface area contributed by atoms with Gasteiger partial charge in [0.25, 0.3) is 0 Å². The molecule has 0 saturated carbocycles. The van der Waals surface area contributed by atoms with E-state index in [0.29, 0.717) is 35.1 Å². The molecule has 1 heterocycles. The molecule has 1 saturated heterocycles. The summed E-state index contributed by atoms with van der Waals surface area (Å²) in [6.07, 6.45) is 2.46. The molecule has 1 aromatic carbocycles. The van der Waals surface area contributed by atoms with E-state index < -0.39 is 10.0 Å². The zero-order valence-corrected chi connectivity index (χ0v) is 13.8. The fourth-order valence-electron chi connectivity index (χ4n) is 2.29. The van der Waals surface area contributed by atoms with Crippen molar-refractivity contribution in [3.8, 4) is 0 Å². The molecule has 1 aromatic rings. The van der Waals surface area contributed by atoms with E-state index >= 15 is 0 Å². The van der Waals surface area contributed by atoms with Crippen molar-refractivity contribution in [1.82, 2.24) is 4.31 Å². The first-order valence-electron chi connectivity index (χ1n) is 6.48. The van der Waals surface area contributed by atoms with Crippen LogP contribution in [0.5, 0.6) is 0 Å². The van der Waals surface area contributed by atoms with Crippen molar-refractivity contribution in [1.29, 1.82) is 0 Å².